The summed E-state index contributed by atoms with van der Waals surface area (Å²) in [7, 11) is 0. The number of hydrogen-bond acceptors (Lipinski definition) is 15. The molecule has 0 spiro atoms. The highest BCUT2D eigenvalue weighted by molar-refractivity contribution is 5.96. The summed E-state index contributed by atoms with van der Waals surface area (Å²) in [5, 5.41) is 27.0. The Morgan fingerprint density at radius 1 is 0.894 bits per heavy atom. The van der Waals surface area contributed by atoms with E-state index in [1.807, 2.05) is 48.5 Å². The van der Waals surface area contributed by atoms with Crippen molar-refractivity contribution < 1.29 is 57.1 Å². The molecule has 350 valence electrons. The molecule has 0 saturated carbocycles. The predicted molar refractivity (Wildman–Crippen MR) is 231 cm³/mol. The van der Waals surface area contributed by atoms with E-state index in [0.717, 1.165) is 50.5 Å². The topological polar surface area (TPSA) is 215 Å². The number of aromatic nitrogens is 6. The number of benzene rings is 3. The number of halogens is 2. The van der Waals surface area contributed by atoms with Crippen molar-refractivity contribution in [3.05, 3.63) is 126 Å². The van der Waals surface area contributed by atoms with Gasteiger partial charge in [-0.05, 0) is 74.4 Å². The van der Waals surface area contributed by atoms with Crippen molar-refractivity contribution in [2.45, 2.75) is 64.2 Å². The molecular weight excluding hydrogens is 867 g/mol. The van der Waals surface area contributed by atoms with Gasteiger partial charge in [-0.1, -0.05) is 19.6 Å². The first-order valence-corrected chi connectivity index (χ1v) is 21.2. The minimum atomic E-state index is -2.06. The van der Waals surface area contributed by atoms with Crippen LogP contribution < -0.4 is 20.2 Å². The van der Waals surface area contributed by atoms with Gasteiger partial charge >= 0.3 is 23.8 Å². The van der Waals surface area contributed by atoms with Crippen LogP contribution in [0.25, 0.3) is 5.69 Å². The van der Waals surface area contributed by atoms with E-state index < -0.39 is 71.1 Å². The zero-order valence-corrected chi connectivity index (χ0v) is 36.4. The van der Waals surface area contributed by atoms with Gasteiger partial charge in [0.15, 0.2) is 0 Å². The van der Waals surface area contributed by atoms with Crippen molar-refractivity contribution in [3.8, 4) is 11.4 Å². The Bertz CT molecular complexity index is 2530. The van der Waals surface area contributed by atoms with Gasteiger partial charge < -0.3 is 43.7 Å². The van der Waals surface area contributed by atoms with Gasteiger partial charge in [-0.15, -0.1) is 0 Å². The van der Waals surface area contributed by atoms with Gasteiger partial charge in [-0.2, -0.15) is 10.2 Å². The van der Waals surface area contributed by atoms with Crippen LogP contribution in [0.5, 0.6) is 5.75 Å². The zero-order chi connectivity index (χ0) is 47.1. The number of carbonyl (C=O) groups is 3. The fourth-order valence-corrected chi connectivity index (χ4v) is 8.25. The molecule has 2 aromatic heterocycles. The Balaban J connectivity index is 0.883. The first-order chi connectivity index (χ1) is 31.6. The lowest BCUT2D eigenvalue weighted by molar-refractivity contribution is -0.177. The van der Waals surface area contributed by atoms with Crippen LogP contribution in [0.15, 0.2) is 103 Å². The van der Waals surface area contributed by atoms with Gasteiger partial charge in [0, 0.05) is 62.0 Å². The second-order valence-electron chi connectivity index (χ2n) is 16.0. The molecule has 2 N–H and O–H groups in total. The molecule has 0 radical (unpaired) electrons. The Morgan fingerprint density at radius 3 is 2.14 bits per heavy atom. The summed E-state index contributed by atoms with van der Waals surface area (Å²) in [4.78, 5) is 57.9. The Kier molecular flexibility index (Phi) is 14.3. The molecule has 5 aromatic rings. The number of nitrogens with zero attached hydrogens (tertiary/aromatic N) is 8. The molecule has 0 bridgehead atoms. The molecule has 4 heterocycles. The summed E-state index contributed by atoms with van der Waals surface area (Å²) < 4.78 is 60.5. The number of carbonyl (C=O) groups excluding carboxylic acids is 2. The van der Waals surface area contributed by atoms with E-state index in [4.69, 9.17) is 28.8 Å². The van der Waals surface area contributed by atoms with Crippen LogP contribution in [-0.2, 0) is 40.7 Å². The molecule has 7 rings (SSSR count). The van der Waals surface area contributed by atoms with E-state index in [2.05, 4.69) is 31.6 Å². The van der Waals surface area contributed by atoms with E-state index in [1.165, 1.54) is 47.3 Å². The number of aliphatic carboxylic acids is 1. The molecule has 2 unspecified atom stereocenters. The smallest absolute Gasteiger partial charge is 0.511 e. The molecule has 3 aromatic carbocycles. The minimum absolute atomic E-state index is 0.0554. The van der Waals surface area contributed by atoms with Gasteiger partial charge in [-0.25, -0.2) is 37.3 Å². The fraction of sp³-hybridized carbons (Fsp3) is 0.400. The van der Waals surface area contributed by atoms with Crippen molar-refractivity contribution in [1.82, 2.24) is 29.1 Å². The number of aliphatic hydroxyl groups excluding tert-OH is 1. The summed E-state index contributed by atoms with van der Waals surface area (Å²) in [5.41, 5.74) is 1.35. The molecule has 2 aliphatic rings. The summed E-state index contributed by atoms with van der Waals surface area (Å²) in [5.74, 6) is -6.80. The normalized spacial score (nSPS) is 19.1. The molecule has 19 nitrogen and oxygen atoms in total. The number of piperazine rings is 1. The van der Waals surface area contributed by atoms with Gasteiger partial charge in [0.1, 0.15) is 53.8 Å². The van der Waals surface area contributed by atoms with Crippen molar-refractivity contribution in [1.29, 1.82) is 0 Å². The number of anilines is 2. The highest BCUT2D eigenvalue weighted by Gasteiger charge is 2.45. The lowest BCUT2D eigenvalue weighted by Crippen LogP contribution is -2.46. The van der Waals surface area contributed by atoms with Crippen LogP contribution in [-0.4, -0.2) is 109 Å². The highest BCUT2D eigenvalue weighted by atomic mass is 19.1. The summed E-state index contributed by atoms with van der Waals surface area (Å²) >= 11 is 0. The standard InChI is InChI=1S/C45H50F2N8O11/c1-5-39(29(3)64-44(61)66-30(4)65-42(59)40(28(2)56)41(57)58)55-43(60)54(27-50-55)35-9-7-33(8-10-35)51-16-18-52(19-17-51)34-11-13-36(14-12-34)62-22-31-21-45(63-23-31,24-53-26-48-25-49-53)37-15-6-32(46)20-38(37)47/h6-15,20,25-27,29-31,39-40,56H,2,5,16-19,21-24H2,1,3-4H3,(H,57,58)/t29-,30?,31+,39-,40?,45-/m0/s1. The molecule has 0 aliphatic carbocycles. The van der Waals surface area contributed by atoms with Gasteiger partial charge in [-0.3, -0.25) is 9.59 Å². The molecule has 2 aliphatic heterocycles. The Morgan fingerprint density at radius 2 is 1.55 bits per heavy atom. The molecule has 21 heteroatoms. The lowest BCUT2D eigenvalue weighted by atomic mass is 9.87. The number of esters is 1. The first-order valence-electron chi connectivity index (χ1n) is 21.2. The molecule has 6 atom stereocenters. The fourth-order valence-electron chi connectivity index (χ4n) is 8.25. The zero-order valence-electron chi connectivity index (χ0n) is 36.4. The second kappa shape index (κ2) is 20.3. The minimum Gasteiger partial charge on any atom is -0.511 e. The van der Waals surface area contributed by atoms with Crippen molar-refractivity contribution in [2.75, 3.05) is 49.2 Å². The monoisotopic (exact) mass is 916 g/mol. The van der Waals surface area contributed by atoms with Gasteiger partial charge in [0.2, 0.25) is 12.2 Å². The predicted octanol–water partition coefficient (Wildman–Crippen LogP) is 5.40. The lowest BCUT2D eigenvalue weighted by Gasteiger charge is -2.37. The number of carboxylic acid groups (broad SMARTS) is 1. The molecule has 2 saturated heterocycles. The second-order valence-corrected chi connectivity index (χ2v) is 16.0. The van der Waals surface area contributed by atoms with Crippen LogP contribution in [0, 0.1) is 23.5 Å². The first kappa shape index (κ1) is 46.7. The van der Waals surface area contributed by atoms with E-state index in [-0.39, 0.29) is 18.0 Å². The van der Waals surface area contributed by atoms with Crippen molar-refractivity contribution in [3.63, 3.8) is 0 Å². The SMILES string of the molecule is C=C(O)C(C(=O)O)C(=O)OC(C)OC(=O)O[C@@H](C)[C@H](CC)n1ncn(-c2ccc(N3CCN(c4ccc(OC[C@@H]5CO[C@@](Cn6cncn6)(c6ccc(F)cc6F)C5)cc4)CC3)cc2)c1=O. The molecule has 66 heavy (non-hydrogen) atoms. The van der Waals surface area contributed by atoms with E-state index in [0.29, 0.717) is 37.5 Å². The van der Waals surface area contributed by atoms with Gasteiger partial charge in [0.05, 0.1) is 31.5 Å². The summed E-state index contributed by atoms with van der Waals surface area (Å²) in [6, 6.07) is 18.2. The third kappa shape index (κ3) is 10.6. The average Bonchev–Trinajstić information content (AvgIpc) is 4.04. The van der Waals surface area contributed by atoms with Crippen LogP contribution in [0.2, 0.25) is 0 Å². The number of ether oxygens (including phenoxy) is 5. The van der Waals surface area contributed by atoms with Crippen LogP contribution in [0.3, 0.4) is 0 Å². The third-order valence-corrected chi connectivity index (χ3v) is 11.6. The Labute approximate surface area is 377 Å². The number of hydrogen-bond donors (Lipinski definition) is 2. The summed E-state index contributed by atoms with van der Waals surface area (Å²) in [6.45, 7) is 11.4. The number of carboxylic acids is 1. The van der Waals surface area contributed by atoms with Crippen LogP contribution in [0.4, 0.5) is 25.0 Å². The van der Waals surface area contributed by atoms with Crippen LogP contribution >= 0.6 is 0 Å². The molecular formula is C45H50F2N8O11. The van der Waals surface area contributed by atoms with Crippen LogP contribution in [0.1, 0.15) is 45.2 Å². The highest BCUT2D eigenvalue weighted by Crippen LogP contribution is 2.42. The molecule has 0 amide bonds. The van der Waals surface area contributed by atoms with E-state index in [9.17, 15) is 28.7 Å². The quantitative estimate of drug-likeness (QED) is 0.0487. The van der Waals surface area contributed by atoms with E-state index in [1.54, 1.807) is 11.6 Å². The maximum absolute atomic E-state index is 15.0. The maximum atomic E-state index is 15.0. The molecule has 2 fully saturated rings. The number of aliphatic hydroxyl groups is 1. The van der Waals surface area contributed by atoms with E-state index >= 15 is 4.39 Å². The number of rotatable bonds is 18. The third-order valence-electron chi connectivity index (χ3n) is 11.6. The average molecular weight is 917 g/mol. The summed E-state index contributed by atoms with van der Waals surface area (Å²) in [6.07, 6.45) is 1.36. The largest absolute Gasteiger partial charge is 0.511 e. The van der Waals surface area contributed by atoms with Crippen molar-refractivity contribution >= 4 is 29.5 Å². The Hall–Kier alpha value is -7.29. The maximum Gasteiger partial charge on any atom is 0.511 e. The van der Waals surface area contributed by atoms with Crippen molar-refractivity contribution in [2.24, 2.45) is 11.8 Å². The van der Waals surface area contributed by atoms with Gasteiger partial charge in [0.25, 0.3) is 0 Å².